The summed E-state index contributed by atoms with van der Waals surface area (Å²) in [6.45, 7) is 3.77. The fourth-order valence-electron chi connectivity index (χ4n) is 3.99. The minimum atomic E-state index is -3.58. The van der Waals surface area contributed by atoms with Crippen molar-refractivity contribution in [3.05, 3.63) is 63.5 Å². The first-order valence-electron chi connectivity index (χ1n) is 10.3. The van der Waals surface area contributed by atoms with Gasteiger partial charge in [0, 0.05) is 30.4 Å². The van der Waals surface area contributed by atoms with Gasteiger partial charge < -0.3 is 10.4 Å². The van der Waals surface area contributed by atoms with Gasteiger partial charge in [-0.05, 0) is 56.7 Å². The average molecular weight is 459 g/mol. The normalized spacial score (nSPS) is 12.6. The molecule has 0 saturated carbocycles. The van der Waals surface area contributed by atoms with Crippen LogP contribution in [0.1, 0.15) is 30.7 Å². The highest BCUT2D eigenvalue weighted by molar-refractivity contribution is 6.01. The lowest BCUT2D eigenvalue weighted by Crippen LogP contribution is -2.30. The summed E-state index contributed by atoms with van der Waals surface area (Å²) in [6.07, 6.45) is 0. The molecule has 2 aromatic heterocycles. The van der Waals surface area contributed by atoms with Gasteiger partial charge in [-0.15, -0.1) is 5.10 Å². The number of halogens is 3. The molecule has 2 heterocycles. The van der Waals surface area contributed by atoms with Crippen molar-refractivity contribution in [3.8, 4) is 0 Å². The quantitative estimate of drug-likeness (QED) is 0.476. The molecule has 2 aromatic carbocycles. The van der Waals surface area contributed by atoms with E-state index in [0.717, 1.165) is 23.0 Å². The summed E-state index contributed by atoms with van der Waals surface area (Å²) >= 11 is 0. The van der Waals surface area contributed by atoms with E-state index < -0.39 is 29.4 Å². The Labute approximate surface area is 187 Å². The van der Waals surface area contributed by atoms with Crippen LogP contribution >= 0.6 is 0 Å². The number of benzene rings is 2. The smallest absolute Gasteiger partial charge is 0.328 e. The largest absolute Gasteiger partial charge is 0.390 e. The molecule has 0 aliphatic heterocycles. The van der Waals surface area contributed by atoms with E-state index in [9.17, 15) is 18.0 Å². The Morgan fingerprint density at radius 3 is 2.15 bits per heavy atom. The maximum Gasteiger partial charge on any atom is 0.328 e. The summed E-state index contributed by atoms with van der Waals surface area (Å²) in [5.41, 5.74) is 0.505. The van der Waals surface area contributed by atoms with Crippen LogP contribution in [0.2, 0.25) is 0 Å². The van der Waals surface area contributed by atoms with Gasteiger partial charge in [0.25, 0.3) is 5.92 Å². The van der Waals surface area contributed by atoms with Crippen molar-refractivity contribution in [3.63, 3.8) is 0 Å². The van der Waals surface area contributed by atoms with Gasteiger partial charge in [0.2, 0.25) is 0 Å². The Kier molecular flexibility index (Phi) is 5.24. The van der Waals surface area contributed by atoms with Crippen molar-refractivity contribution in [2.24, 2.45) is 14.1 Å². The highest BCUT2D eigenvalue weighted by Crippen LogP contribution is 2.35. The summed E-state index contributed by atoms with van der Waals surface area (Å²) in [7, 11) is 3.36. The van der Waals surface area contributed by atoms with Crippen molar-refractivity contribution in [2.45, 2.75) is 32.2 Å². The molecule has 0 spiro atoms. The maximum atomic E-state index is 14.2. The van der Waals surface area contributed by atoms with Crippen LogP contribution < -0.4 is 11.0 Å². The van der Waals surface area contributed by atoms with Crippen LogP contribution in [-0.4, -0.2) is 31.0 Å². The zero-order valence-corrected chi connectivity index (χ0v) is 18.9. The maximum absolute atomic E-state index is 14.2. The summed E-state index contributed by atoms with van der Waals surface area (Å²) in [5.74, 6) is -4.06. The zero-order chi connectivity index (χ0) is 24.3. The standard InChI is InChI=1S/C23H24F3N5O2/c1-12-16-9-18-19(31(5)21(33)30(18)4)10-17(16)20(29-28-12)27-22(2,3)13-6-14(8-15(24)7-13)23(25,26)11-32/h6-10,32H,11H2,1-5H3,(H,27,29). The Balaban J connectivity index is 1.87. The van der Waals surface area contributed by atoms with E-state index in [1.165, 1.54) is 4.57 Å². The second kappa shape index (κ2) is 7.58. The number of nitrogens with zero attached hydrogens (tertiary/aromatic N) is 4. The minimum Gasteiger partial charge on any atom is -0.390 e. The topological polar surface area (TPSA) is 85.0 Å². The van der Waals surface area contributed by atoms with Gasteiger partial charge in [-0.3, -0.25) is 9.13 Å². The number of anilines is 1. The first-order valence-corrected chi connectivity index (χ1v) is 10.3. The molecule has 7 nitrogen and oxygen atoms in total. The molecule has 0 bridgehead atoms. The molecule has 0 atom stereocenters. The first-order chi connectivity index (χ1) is 15.4. The van der Waals surface area contributed by atoms with Crippen LogP contribution in [0.5, 0.6) is 0 Å². The van der Waals surface area contributed by atoms with Crippen molar-refractivity contribution in [2.75, 3.05) is 11.9 Å². The number of alkyl halides is 2. The summed E-state index contributed by atoms with van der Waals surface area (Å²) in [5, 5.41) is 22.1. The van der Waals surface area contributed by atoms with E-state index in [4.69, 9.17) is 5.11 Å². The van der Waals surface area contributed by atoms with Gasteiger partial charge in [-0.2, -0.15) is 13.9 Å². The third-order valence-electron chi connectivity index (χ3n) is 6.03. The van der Waals surface area contributed by atoms with Crippen LogP contribution in [0, 0.1) is 12.7 Å². The Morgan fingerprint density at radius 1 is 0.970 bits per heavy atom. The van der Waals surface area contributed by atoms with Crippen LogP contribution in [0.25, 0.3) is 21.8 Å². The molecule has 0 saturated heterocycles. The van der Waals surface area contributed by atoms with Gasteiger partial charge in [0.1, 0.15) is 12.4 Å². The van der Waals surface area contributed by atoms with Crippen LogP contribution in [0.3, 0.4) is 0 Å². The molecule has 0 fully saturated rings. The number of aryl methyl sites for hydroxylation is 3. The Morgan fingerprint density at radius 2 is 1.55 bits per heavy atom. The fraction of sp³-hybridized carbons (Fsp3) is 0.348. The lowest BCUT2D eigenvalue weighted by molar-refractivity contribution is -0.0559. The molecule has 0 amide bonds. The van der Waals surface area contributed by atoms with Crippen molar-refractivity contribution in [1.82, 2.24) is 19.3 Å². The average Bonchev–Trinajstić information content (AvgIpc) is 2.98. The van der Waals surface area contributed by atoms with Gasteiger partial charge in [0.15, 0.2) is 5.82 Å². The monoisotopic (exact) mass is 459 g/mol. The number of aliphatic hydroxyl groups is 1. The number of imidazole rings is 1. The van der Waals surface area contributed by atoms with Gasteiger partial charge in [0.05, 0.1) is 22.3 Å². The first kappa shape index (κ1) is 22.8. The fourth-order valence-corrected chi connectivity index (χ4v) is 3.99. The molecular formula is C23H24F3N5O2. The van der Waals surface area contributed by atoms with E-state index >= 15 is 0 Å². The van der Waals surface area contributed by atoms with Crippen LogP contribution in [0.4, 0.5) is 19.0 Å². The molecule has 2 N–H and O–H groups in total. The number of hydrogen-bond acceptors (Lipinski definition) is 5. The predicted octanol–water partition coefficient (Wildman–Crippen LogP) is 3.70. The lowest BCUT2D eigenvalue weighted by atomic mass is 9.91. The van der Waals surface area contributed by atoms with Crippen molar-refractivity contribution < 1.29 is 18.3 Å². The number of fused-ring (bicyclic) bond motifs is 2. The van der Waals surface area contributed by atoms with Gasteiger partial charge in [-0.25, -0.2) is 9.18 Å². The van der Waals surface area contributed by atoms with Gasteiger partial charge in [-0.1, -0.05) is 0 Å². The minimum absolute atomic E-state index is 0.175. The van der Waals surface area contributed by atoms with E-state index in [0.29, 0.717) is 28.5 Å². The second-order valence-electron chi connectivity index (χ2n) is 8.76. The SMILES string of the molecule is Cc1nnc(NC(C)(C)c2cc(F)cc(C(F)(F)CO)c2)c2cc3c(cc12)n(C)c(=O)n3C. The van der Waals surface area contributed by atoms with Gasteiger partial charge >= 0.3 is 5.69 Å². The van der Waals surface area contributed by atoms with E-state index in [1.807, 2.05) is 12.1 Å². The number of rotatable bonds is 5. The summed E-state index contributed by atoms with van der Waals surface area (Å²) in [6, 6.07) is 6.71. The van der Waals surface area contributed by atoms with Crippen LogP contribution in [-0.2, 0) is 25.6 Å². The van der Waals surface area contributed by atoms with E-state index in [-0.39, 0.29) is 11.3 Å². The highest BCUT2D eigenvalue weighted by Gasteiger charge is 2.33. The van der Waals surface area contributed by atoms with E-state index in [2.05, 4.69) is 15.5 Å². The van der Waals surface area contributed by atoms with E-state index in [1.54, 1.807) is 39.4 Å². The number of hydrogen-bond donors (Lipinski definition) is 2. The third-order valence-corrected chi connectivity index (χ3v) is 6.03. The molecule has 10 heteroatoms. The van der Waals surface area contributed by atoms with Crippen molar-refractivity contribution >= 4 is 27.6 Å². The molecule has 4 rings (SSSR count). The molecule has 0 radical (unpaired) electrons. The second-order valence-corrected chi connectivity index (χ2v) is 8.76. The van der Waals surface area contributed by atoms with Crippen molar-refractivity contribution in [1.29, 1.82) is 0 Å². The number of aliphatic hydroxyl groups excluding tert-OH is 1. The molecular weight excluding hydrogens is 435 g/mol. The molecule has 174 valence electrons. The third kappa shape index (κ3) is 3.74. The molecule has 33 heavy (non-hydrogen) atoms. The Bertz CT molecular complexity index is 1460. The number of nitrogens with one attached hydrogen (secondary N) is 1. The molecule has 4 aromatic rings. The molecule has 0 aliphatic carbocycles. The highest BCUT2D eigenvalue weighted by atomic mass is 19.3. The molecule has 0 aliphatic rings. The lowest BCUT2D eigenvalue weighted by Gasteiger charge is -2.29. The zero-order valence-electron chi connectivity index (χ0n) is 18.9. The molecule has 0 unspecified atom stereocenters. The summed E-state index contributed by atoms with van der Waals surface area (Å²) < 4.78 is 45.4. The Hall–Kier alpha value is -3.40. The summed E-state index contributed by atoms with van der Waals surface area (Å²) in [4.78, 5) is 12.4. The predicted molar refractivity (Wildman–Crippen MR) is 120 cm³/mol. The number of aromatic nitrogens is 4. The van der Waals surface area contributed by atoms with Crippen LogP contribution in [0.15, 0.2) is 35.1 Å².